The summed E-state index contributed by atoms with van der Waals surface area (Å²) in [4.78, 5) is 10.6. The molecular formula is C14H22N2O3. The predicted octanol–water partition coefficient (Wildman–Crippen LogP) is 2.65. The van der Waals surface area contributed by atoms with Crippen molar-refractivity contribution >= 4 is 5.69 Å². The summed E-state index contributed by atoms with van der Waals surface area (Å²) in [6.07, 6.45) is 0.835. The number of benzene rings is 1. The Morgan fingerprint density at radius 1 is 1.32 bits per heavy atom. The summed E-state index contributed by atoms with van der Waals surface area (Å²) in [6.45, 7) is 6.08. The first-order chi connectivity index (χ1) is 8.95. The second kappa shape index (κ2) is 7.21. The molecule has 0 amide bonds. The fraction of sp³-hybridized carbons (Fsp3) is 0.571. The fourth-order valence-electron chi connectivity index (χ4n) is 2.23. The molecule has 5 heteroatoms. The molecule has 0 radical (unpaired) electrons. The lowest BCUT2D eigenvalue weighted by Gasteiger charge is -2.23. The molecule has 0 aliphatic carbocycles. The van der Waals surface area contributed by atoms with Gasteiger partial charge in [-0.2, -0.15) is 0 Å². The van der Waals surface area contributed by atoms with E-state index in [1.807, 2.05) is 6.92 Å². The highest BCUT2D eigenvalue weighted by Gasteiger charge is 2.20. The number of hydrogen-bond acceptors (Lipinski definition) is 4. The largest absolute Gasteiger partial charge is 0.395 e. The number of hydrogen-bond donors (Lipinski definition) is 2. The second-order valence-corrected chi connectivity index (χ2v) is 5.21. The van der Waals surface area contributed by atoms with Crippen molar-refractivity contribution in [3.63, 3.8) is 0 Å². The Kier molecular flexibility index (Phi) is 5.92. The van der Waals surface area contributed by atoms with Crippen molar-refractivity contribution in [2.45, 2.75) is 39.3 Å². The van der Waals surface area contributed by atoms with Crippen LogP contribution in [0.1, 0.15) is 38.8 Å². The average molecular weight is 266 g/mol. The van der Waals surface area contributed by atoms with Crippen LogP contribution in [0.2, 0.25) is 0 Å². The minimum absolute atomic E-state index is 0.0309. The Balaban J connectivity index is 2.82. The molecule has 1 aromatic rings. The monoisotopic (exact) mass is 266 g/mol. The van der Waals surface area contributed by atoms with Crippen molar-refractivity contribution in [3.05, 3.63) is 39.9 Å². The van der Waals surface area contributed by atoms with Crippen molar-refractivity contribution in [2.75, 3.05) is 6.61 Å². The number of nitro benzene ring substituents is 1. The number of aliphatic hydroxyl groups is 1. The summed E-state index contributed by atoms with van der Waals surface area (Å²) in [7, 11) is 0. The van der Waals surface area contributed by atoms with Gasteiger partial charge in [-0.1, -0.05) is 32.0 Å². The summed E-state index contributed by atoms with van der Waals surface area (Å²) in [5.41, 5.74) is 0.762. The van der Waals surface area contributed by atoms with Crippen LogP contribution < -0.4 is 5.32 Å². The second-order valence-electron chi connectivity index (χ2n) is 5.21. The number of rotatable bonds is 7. The van der Waals surface area contributed by atoms with Gasteiger partial charge in [-0.15, -0.1) is 0 Å². The smallest absolute Gasteiger partial charge is 0.274 e. The molecule has 5 nitrogen and oxygen atoms in total. The third kappa shape index (κ3) is 4.61. The Morgan fingerprint density at radius 3 is 2.47 bits per heavy atom. The van der Waals surface area contributed by atoms with Crippen LogP contribution in [0.15, 0.2) is 24.3 Å². The zero-order valence-electron chi connectivity index (χ0n) is 11.7. The van der Waals surface area contributed by atoms with Crippen LogP contribution in [0, 0.1) is 16.0 Å². The van der Waals surface area contributed by atoms with Gasteiger partial charge in [0, 0.05) is 23.7 Å². The van der Waals surface area contributed by atoms with E-state index in [1.165, 1.54) is 6.07 Å². The number of nitrogens with one attached hydrogen (secondary N) is 1. The summed E-state index contributed by atoms with van der Waals surface area (Å²) in [5.74, 6) is 0.461. The van der Waals surface area contributed by atoms with Crippen molar-refractivity contribution in [1.82, 2.24) is 5.32 Å². The van der Waals surface area contributed by atoms with Crippen LogP contribution >= 0.6 is 0 Å². The van der Waals surface area contributed by atoms with Crippen molar-refractivity contribution in [1.29, 1.82) is 0 Å². The molecule has 0 saturated carbocycles. The molecule has 0 fully saturated rings. The van der Waals surface area contributed by atoms with Crippen LogP contribution in [0.3, 0.4) is 0 Å². The van der Waals surface area contributed by atoms with Crippen LogP contribution in [-0.2, 0) is 0 Å². The van der Waals surface area contributed by atoms with Crippen LogP contribution in [0.5, 0.6) is 0 Å². The Hall–Kier alpha value is -1.46. The normalized spacial score (nSPS) is 14.4. The minimum atomic E-state index is -0.371. The van der Waals surface area contributed by atoms with Crippen LogP contribution in [0.4, 0.5) is 5.69 Å². The highest BCUT2D eigenvalue weighted by atomic mass is 16.6. The number of aliphatic hydroxyl groups excluding tert-OH is 1. The van der Waals surface area contributed by atoms with E-state index in [9.17, 15) is 15.2 Å². The zero-order chi connectivity index (χ0) is 14.4. The van der Waals surface area contributed by atoms with Gasteiger partial charge >= 0.3 is 0 Å². The lowest BCUT2D eigenvalue weighted by Crippen LogP contribution is -2.35. The van der Waals surface area contributed by atoms with E-state index >= 15 is 0 Å². The van der Waals surface area contributed by atoms with E-state index in [4.69, 9.17) is 0 Å². The molecule has 0 bridgehead atoms. The van der Waals surface area contributed by atoms with E-state index in [0.29, 0.717) is 11.5 Å². The van der Waals surface area contributed by atoms with Crippen LogP contribution in [0.25, 0.3) is 0 Å². The van der Waals surface area contributed by atoms with E-state index in [0.717, 1.165) is 6.42 Å². The van der Waals surface area contributed by atoms with E-state index in [1.54, 1.807) is 18.2 Å². The number of nitro groups is 1. The van der Waals surface area contributed by atoms with E-state index in [-0.39, 0.29) is 29.3 Å². The van der Waals surface area contributed by atoms with Gasteiger partial charge < -0.3 is 10.4 Å². The summed E-state index contributed by atoms with van der Waals surface area (Å²) in [6, 6.07) is 6.49. The first-order valence-electron chi connectivity index (χ1n) is 6.56. The molecule has 0 saturated heterocycles. The number of nitrogens with zero attached hydrogens (tertiary/aromatic N) is 1. The molecule has 0 aliphatic heterocycles. The third-order valence-corrected chi connectivity index (χ3v) is 3.06. The molecule has 2 N–H and O–H groups in total. The molecule has 1 rings (SSSR count). The van der Waals surface area contributed by atoms with Gasteiger partial charge in [0.2, 0.25) is 0 Å². The molecule has 1 aromatic carbocycles. The maximum Gasteiger partial charge on any atom is 0.274 e. The van der Waals surface area contributed by atoms with Crippen molar-refractivity contribution < 1.29 is 10.0 Å². The minimum Gasteiger partial charge on any atom is -0.395 e. The molecule has 2 unspecified atom stereocenters. The molecule has 0 aromatic heterocycles. The average Bonchev–Trinajstić information content (AvgIpc) is 2.37. The Labute approximate surface area is 113 Å². The molecule has 19 heavy (non-hydrogen) atoms. The number of para-hydroxylation sites is 1. The standard InChI is InChI=1S/C14H22N2O3/c1-10(2)8-12(9-17)15-11(3)13-6-4-5-7-14(13)16(18)19/h4-7,10-12,15,17H,8-9H2,1-3H3. The third-order valence-electron chi connectivity index (χ3n) is 3.06. The first kappa shape index (κ1) is 15.6. The fourth-order valence-corrected chi connectivity index (χ4v) is 2.23. The van der Waals surface area contributed by atoms with E-state index < -0.39 is 0 Å². The molecule has 0 heterocycles. The lowest BCUT2D eigenvalue weighted by atomic mass is 10.0. The lowest BCUT2D eigenvalue weighted by molar-refractivity contribution is -0.385. The van der Waals surface area contributed by atoms with Crippen molar-refractivity contribution in [3.8, 4) is 0 Å². The van der Waals surface area contributed by atoms with Gasteiger partial charge in [-0.3, -0.25) is 10.1 Å². The topological polar surface area (TPSA) is 75.4 Å². The maximum atomic E-state index is 11.0. The summed E-state index contributed by atoms with van der Waals surface area (Å²) in [5, 5.41) is 23.6. The maximum absolute atomic E-state index is 11.0. The molecular weight excluding hydrogens is 244 g/mol. The highest BCUT2D eigenvalue weighted by Crippen LogP contribution is 2.25. The summed E-state index contributed by atoms with van der Waals surface area (Å²) < 4.78 is 0. The van der Waals surface area contributed by atoms with Gasteiger partial charge in [-0.05, 0) is 19.3 Å². The van der Waals surface area contributed by atoms with Gasteiger partial charge in [0.15, 0.2) is 0 Å². The zero-order valence-corrected chi connectivity index (χ0v) is 11.7. The highest BCUT2D eigenvalue weighted by molar-refractivity contribution is 5.41. The van der Waals surface area contributed by atoms with Gasteiger partial charge in [0.1, 0.15) is 0 Å². The first-order valence-corrected chi connectivity index (χ1v) is 6.56. The van der Waals surface area contributed by atoms with Gasteiger partial charge in [0.05, 0.1) is 11.5 Å². The Morgan fingerprint density at radius 2 is 1.95 bits per heavy atom. The molecule has 0 spiro atoms. The van der Waals surface area contributed by atoms with Gasteiger partial charge in [-0.25, -0.2) is 0 Å². The SMILES string of the molecule is CC(C)CC(CO)NC(C)c1ccccc1[N+](=O)[O-]. The Bertz CT molecular complexity index is 421. The molecule has 106 valence electrons. The molecule has 0 aliphatic rings. The summed E-state index contributed by atoms with van der Waals surface area (Å²) >= 11 is 0. The quantitative estimate of drug-likeness (QED) is 0.587. The molecule has 2 atom stereocenters. The predicted molar refractivity (Wildman–Crippen MR) is 75.0 cm³/mol. The van der Waals surface area contributed by atoms with Crippen molar-refractivity contribution in [2.24, 2.45) is 5.92 Å². The van der Waals surface area contributed by atoms with Crippen LogP contribution in [-0.4, -0.2) is 22.7 Å². The van der Waals surface area contributed by atoms with E-state index in [2.05, 4.69) is 19.2 Å². The van der Waals surface area contributed by atoms with Gasteiger partial charge in [0.25, 0.3) is 5.69 Å².